The molecule has 0 atom stereocenters. The molecule has 0 radical (unpaired) electrons. The number of amides is 1. The number of nitriles is 1. The number of halogens is 2. The van der Waals surface area contributed by atoms with Gasteiger partial charge in [-0.05, 0) is 76.2 Å². The van der Waals surface area contributed by atoms with Crippen LogP contribution in [-0.2, 0) is 11.4 Å². The summed E-state index contributed by atoms with van der Waals surface area (Å²) in [6, 6.07) is 25.9. The smallest absolute Gasteiger partial charge is 0.264 e. The summed E-state index contributed by atoms with van der Waals surface area (Å²) in [5.74, 6) is 0.545. The maximum Gasteiger partial charge on any atom is 0.264 e. The Hall–Kier alpha value is -2.83. The van der Waals surface area contributed by atoms with Crippen LogP contribution in [0.3, 0.4) is 0 Å². The molecule has 0 N–H and O–H groups in total. The highest BCUT2D eigenvalue weighted by Crippen LogP contribution is 2.25. The van der Waals surface area contributed by atoms with Gasteiger partial charge in [-0.3, -0.25) is 4.79 Å². The van der Waals surface area contributed by atoms with Crippen molar-refractivity contribution in [3.8, 4) is 11.8 Å². The van der Waals surface area contributed by atoms with Gasteiger partial charge in [0.15, 0.2) is 0 Å². The standard InChI is InChI=1S/C27H23BrIN3O2/c28-23-9-6-20(7-10-23)19-34-26-11-8-21(17-25(26)29)16-22(18-30)27(33)32-14-12-31(13-15-32)24-4-2-1-3-5-24/h1-11,16-17H,12-15,19H2/b22-16-. The van der Waals surface area contributed by atoms with Crippen LogP contribution in [0.25, 0.3) is 6.08 Å². The third-order valence-electron chi connectivity index (χ3n) is 5.61. The number of rotatable bonds is 6. The summed E-state index contributed by atoms with van der Waals surface area (Å²) in [4.78, 5) is 17.0. The quantitative estimate of drug-likeness (QED) is 0.194. The Balaban J connectivity index is 1.38. The Kier molecular flexibility index (Phi) is 8.25. The Bertz CT molecular complexity index is 1210. The first-order valence-corrected chi connectivity index (χ1v) is 12.8. The molecular weight excluding hydrogens is 605 g/mol. The molecule has 3 aromatic rings. The fraction of sp³-hybridized carbons (Fsp3) is 0.185. The largest absolute Gasteiger partial charge is 0.488 e. The lowest BCUT2D eigenvalue weighted by molar-refractivity contribution is -0.126. The minimum Gasteiger partial charge on any atom is -0.488 e. The fourth-order valence-electron chi connectivity index (χ4n) is 3.75. The number of piperazine rings is 1. The van der Waals surface area contributed by atoms with Gasteiger partial charge in [-0.15, -0.1) is 0 Å². The number of anilines is 1. The number of para-hydroxylation sites is 1. The number of carbonyl (C=O) groups is 1. The molecule has 0 bridgehead atoms. The summed E-state index contributed by atoms with van der Waals surface area (Å²) >= 11 is 5.65. The molecule has 0 saturated carbocycles. The maximum atomic E-state index is 13.0. The van der Waals surface area contributed by atoms with Gasteiger partial charge >= 0.3 is 0 Å². The van der Waals surface area contributed by atoms with Gasteiger partial charge in [-0.2, -0.15) is 5.26 Å². The van der Waals surface area contributed by atoms with Crippen molar-refractivity contribution < 1.29 is 9.53 Å². The summed E-state index contributed by atoms with van der Waals surface area (Å²) in [6.07, 6.45) is 1.66. The van der Waals surface area contributed by atoms with E-state index in [9.17, 15) is 10.1 Å². The molecule has 0 unspecified atom stereocenters. The van der Waals surface area contributed by atoms with Gasteiger partial charge in [0.25, 0.3) is 5.91 Å². The zero-order valence-corrected chi connectivity index (χ0v) is 22.2. The third kappa shape index (κ3) is 6.19. The van der Waals surface area contributed by atoms with E-state index in [2.05, 4.69) is 61.6 Å². The van der Waals surface area contributed by atoms with Gasteiger partial charge < -0.3 is 14.5 Å². The normalized spacial score (nSPS) is 14.0. The van der Waals surface area contributed by atoms with Gasteiger partial charge in [0.1, 0.15) is 24.0 Å². The SMILES string of the molecule is N#C/C(=C/c1ccc(OCc2ccc(Br)cc2)c(I)c1)C(=O)N1CCN(c2ccccc2)CC1. The van der Waals surface area contributed by atoms with Gasteiger partial charge in [0.2, 0.25) is 0 Å². The van der Waals surface area contributed by atoms with Crippen molar-refractivity contribution in [3.63, 3.8) is 0 Å². The van der Waals surface area contributed by atoms with Gasteiger partial charge in [0, 0.05) is 36.3 Å². The highest BCUT2D eigenvalue weighted by atomic mass is 127. The molecule has 34 heavy (non-hydrogen) atoms. The number of carbonyl (C=O) groups excluding carboxylic acids is 1. The Morgan fingerprint density at radius 2 is 1.74 bits per heavy atom. The van der Waals surface area contributed by atoms with Gasteiger partial charge in [0.05, 0.1) is 3.57 Å². The van der Waals surface area contributed by atoms with E-state index in [1.165, 1.54) is 0 Å². The van der Waals surface area contributed by atoms with Crippen LogP contribution in [0.15, 0.2) is 82.8 Å². The summed E-state index contributed by atoms with van der Waals surface area (Å²) in [6.45, 7) is 3.14. The molecule has 1 fully saturated rings. The van der Waals surface area contributed by atoms with E-state index >= 15 is 0 Å². The third-order valence-corrected chi connectivity index (χ3v) is 6.99. The number of ether oxygens (including phenoxy) is 1. The molecule has 0 aromatic heterocycles. The summed E-state index contributed by atoms with van der Waals surface area (Å²) < 4.78 is 7.90. The first-order valence-electron chi connectivity index (χ1n) is 10.9. The minimum absolute atomic E-state index is 0.146. The number of hydrogen-bond acceptors (Lipinski definition) is 4. The van der Waals surface area contributed by atoms with Crippen molar-refractivity contribution in [1.82, 2.24) is 4.90 Å². The maximum absolute atomic E-state index is 13.0. The lowest BCUT2D eigenvalue weighted by Crippen LogP contribution is -2.49. The van der Waals surface area contributed by atoms with Crippen LogP contribution in [0, 0.1) is 14.9 Å². The number of benzene rings is 3. The van der Waals surface area contributed by atoms with E-state index in [1.807, 2.05) is 60.7 Å². The summed E-state index contributed by atoms with van der Waals surface area (Å²) in [5, 5.41) is 9.67. The number of hydrogen-bond donors (Lipinski definition) is 0. The lowest BCUT2D eigenvalue weighted by Gasteiger charge is -2.36. The molecule has 1 aliphatic heterocycles. The van der Waals surface area contributed by atoms with Crippen LogP contribution in [0.4, 0.5) is 5.69 Å². The van der Waals surface area contributed by atoms with Crippen LogP contribution in [0.5, 0.6) is 5.75 Å². The molecular formula is C27H23BrIN3O2. The van der Waals surface area contributed by atoms with E-state index in [1.54, 1.807) is 11.0 Å². The minimum atomic E-state index is -0.221. The van der Waals surface area contributed by atoms with Crippen molar-refractivity contribution in [2.45, 2.75) is 6.61 Å². The summed E-state index contributed by atoms with van der Waals surface area (Å²) in [7, 11) is 0. The monoisotopic (exact) mass is 627 g/mol. The van der Waals surface area contributed by atoms with E-state index in [0.29, 0.717) is 19.7 Å². The summed E-state index contributed by atoms with van der Waals surface area (Å²) in [5.41, 5.74) is 3.18. The van der Waals surface area contributed by atoms with Crippen LogP contribution in [0.1, 0.15) is 11.1 Å². The van der Waals surface area contributed by atoms with Crippen LogP contribution < -0.4 is 9.64 Å². The molecule has 1 aliphatic rings. The molecule has 5 nitrogen and oxygen atoms in total. The Morgan fingerprint density at radius 3 is 2.38 bits per heavy atom. The second kappa shape index (κ2) is 11.5. The van der Waals surface area contributed by atoms with Crippen molar-refractivity contribution in [2.75, 3.05) is 31.1 Å². The first-order chi connectivity index (χ1) is 16.5. The van der Waals surface area contributed by atoms with Crippen LogP contribution in [-0.4, -0.2) is 37.0 Å². The molecule has 0 spiro atoms. The van der Waals surface area contributed by atoms with Gasteiger partial charge in [-0.1, -0.05) is 52.3 Å². The molecule has 1 heterocycles. The topological polar surface area (TPSA) is 56.6 Å². The Morgan fingerprint density at radius 1 is 1.03 bits per heavy atom. The molecule has 4 rings (SSSR count). The second-order valence-electron chi connectivity index (χ2n) is 7.89. The molecule has 1 saturated heterocycles. The number of nitrogens with zero attached hydrogens (tertiary/aromatic N) is 3. The predicted molar refractivity (Wildman–Crippen MR) is 146 cm³/mol. The zero-order valence-electron chi connectivity index (χ0n) is 18.5. The highest BCUT2D eigenvalue weighted by Gasteiger charge is 2.23. The highest BCUT2D eigenvalue weighted by molar-refractivity contribution is 14.1. The fourth-order valence-corrected chi connectivity index (χ4v) is 4.71. The lowest BCUT2D eigenvalue weighted by atomic mass is 10.1. The Labute approximate surface area is 221 Å². The van der Waals surface area contributed by atoms with Crippen molar-refractivity contribution in [2.24, 2.45) is 0 Å². The van der Waals surface area contributed by atoms with E-state index in [0.717, 1.165) is 43.7 Å². The first kappa shape index (κ1) is 24.3. The molecule has 0 aliphatic carbocycles. The van der Waals surface area contributed by atoms with E-state index in [-0.39, 0.29) is 11.5 Å². The molecule has 1 amide bonds. The van der Waals surface area contributed by atoms with Crippen LogP contribution >= 0.6 is 38.5 Å². The van der Waals surface area contributed by atoms with Crippen molar-refractivity contribution in [3.05, 3.63) is 97.5 Å². The average molecular weight is 628 g/mol. The van der Waals surface area contributed by atoms with Crippen LogP contribution in [0.2, 0.25) is 0 Å². The molecule has 172 valence electrons. The second-order valence-corrected chi connectivity index (χ2v) is 9.97. The molecule has 7 heteroatoms. The van der Waals surface area contributed by atoms with E-state index in [4.69, 9.17) is 4.74 Å². The molecule has 3 aromatic carbocycles. The zero-order chi connectivity index (χ0) is 23.9. The predicted octanol–water partition coefficient (Wildman–Crippen LogP) is 5.89. The van der Waals surface area contributed by atoms with Gasteiger partial charge in [-0.25, -0.2) is 0 Å². The average Bonchev–Trinajstić information content (AvgIpc) is 2.88. The van der Waals surface area contributed by atoms with Crippen molar-refractivity contribution >= 4 is 56.2 Å². The van der Waals surface area contributed by atoms with E-state index < -0.39 is 0 Å². The van der Waals surface area contributed by atoms with Crippen molar-refractivity contribution in [1.29, 1.82) is 5.26 Å².